The van der Waals surface area contributed by atoms with Crippen molar-refractivity contribution in [3.63, 3.8) is 0 Å². The predicted octanol–water partition coefficient (Wildman–Crippen LogP) is 3.76. The average Bonchev–Trinajstić information content (AvgIpc) is 2.60. The van der Waals surface area contributed by atoms with Gasteiger partial charge in [0.15, 0.2) is 23.0 Å². The van der Waals surface area contributed by atoms with E-state index in [4.69, 9.17) is 19.5 Å². The molecule has 0 heterocycles. The van der Waals surface area contributed by atoms with Crippen LogP contribution in [0.5, 0.6) is 23.0 Å². The number of methoxy groups -OCH3 is 2. The molecule has 0 saturated carbocycles. The van der Waals surface area contributed by atoms with E-state index in [2.05, 4.69) is 0 Å². The normalized spacial score (nSPS) is 10.8. The highest BCUT2D eigenvalue weighted by Crippen LogP contribution is 2.35. The number of rotatable bonds is 6. The van der Waals surface area contributed by atoms with Crippen molar-refractivity contribution in [1.29, 1.82) is 5.26 Å². The lowest BCUT2D eigenvalue weighted by Gasteiger charge is -2.14. The van der Waals surface area contributed by atoms with Gasteiger partial charge in [0.2, 0.25) is 0 Å². The lowest BCUT2D eigenvalue weighted by atomic mass is 9.97. The molecule has 0 aliphatic heterocycles. The second kappa shape index (κ2) is 7.93. The molecule has 0 atom stereocenters. The lowest BCUT2D eigenvalue weighted by Crippen LogP contribution is -1.97. The molecule has 0 aromatic heterocycles. The highest BCUT2D eigenvalue weighted by Gasteiger charge is 2.12. The van der Waals surface area contributed by atoms with E-state index in [0.29, 0.717) is 35.0 Å². The number of allylic oxidation sites excluding steroid dienone is 1. The van der Waals surface area contributed by atoms with Crippen molar-refractivity contribution in [2.45, 2.75) is 6.92 Å². The van der Waals surface area contributed by atoms with Gasteiger partial charge in [0.25, 0.3) is 0 Å². The van der Waals surface area contributed by atoms with Crippen LogP contribution in [0.3, 0.4) is 0 Å². The zero-order chi connectivity index (χ0) is 17.5. The van der Waals surface area contributed by atoms with Gasteiger partial charge in [0.1, 0.15) is 0 Å². The van der Waals surface area contributed by atoms with Crippen LogP contribution in [0.25, 0.3) is 5.57 Å². The van der Waals surface area contributed by atoms with E-state index in [1.54, 1.807) is 31.4 Å². The topological polar surface area (TPSA) is 71.7 Å². The maximum Gasteiger partial charge on any atom is 0.161 e. The Kier molecular flexibility index (Phi) is 5.69. The molecule has 2 rings (SSSR count). The minimum atomic E-state index is 0.0115. The molecule has 0 unspecified atom stereocenters. The van der Waals surface area contributed by atoms with Crippen LogP contribution < -0.4 is 14.2 Å². The van der Waals surface area contributed by atoms with Gasteiger partial charge in [-0.3, -0.25) is 0 Å². The number of aromatic hydroxyl groups is 1. The number of nitriles is 1. The third kappa shape index (κ3) is 3.61. The van der Waals surface area contributed by atoms with Crippen molar-refractivity contribution < 1.29 is 19.3 Å². The van der Waals surface area contributed by atoms with Crippen molar-refractivity contribution in [2.24, 2.45) is 0 Å². The summed E-state index contributed by atoms with van der Waals surface area (Å²) in [6, 6.07) is 12.5. The molecule has 5 nitrogen and oxygen atoms in total. The summed E-state index contributed by atoms with van der Waals surface area (Å²) < 4.78 is 15.9. The van der Waals surface area contributed by atoms with Crippen LogP contribution in [0.2, 0.25) is 0 Å². The minimum absolute atomic E-state index is 0.0115. The molecule has 0 radical (unpaired) electrons. The second-order valence-corrected chi connectivity index (χ2v) is 4.87. The number of nitrogens with zero attached hydrogens (tertiary/aromatic N) is 1. The molecule has 2 aromatic rings. The van der Waals surface area contributed by atoms with Crippen molar-refractivity contribution in [3.8, 4) is 29.1 Å². The van der Waals surface area contributed by atoms with Crippen LogP contribution in [-0.2, 0) is 0 Å². The van der Waals surface area contributed by atoms with Gasteiger partial charge in [-0.05, 0) is 47.9 Å². The van der Waals surface area contributed by atoms with Gasteiger partial charge < -0.3 is 19.3 Å². The minimum Gasteiger partial charge on any atom is -0.504 e. The van der Waals surface area contributed by atoms with Gasteiger partial charge in [0, 0.05) is 6.08 Å². The Morgan fingerprint density at radius 1 is 1.04 bits per heavy atom. The SMILES string of the molecule is CCOc1cc(/C(=C/C#N)c2ccc(OC)c(O)c2)ccc1OC. The Hall–Kier alpha value is -3.13. The standard InChI is InChI=1S/C19H19NO4/c1-4-24-19-12-14(6-8-18(19)23-3)15(9-10-20)13-5-7-17(22-2)16(21)11-13/h5-9,11-12,21H,4H2,1-3H3/b15-9+. The van der Waals surface area contributed by atoms with Crippen LogP contribution >= 0.6 is 0 Å². The van der Waals surface area contributed by atoms with Gasteiger partial charge in [0.05, 0.1) is 26.9 Å². The van der Waals surface area contributed by atoms with Crippen LogP contribution in [0.4, 0.5) is 0 Å². The van der Waals surface area contributed by atoms with Crippen LogP contribution in [0.15, 0.2) is 42.5 Å². The zero-order valence-electron chi connectivity index (χ0n) is 13.9. The fraction of sp³-hybridized carbons (Fsp3) is 0.211. The molecule has 0 amide bonds. The third-order valence-corrected chi connectivity index (χ3v) is 3.47. The molecular formula is C19H19NO4. The van der Waals surface area contributed by atoms with Crippen molar-refractivity contribution >= 4 is 5.57 Å². The van der Waals surface area contributed by atoms with E-state index in [1.165, 1.54) is 13.2 Å². The Morgan fingerprint density at radius 3 is 2.21 bits per heavy atom. The first-order chi connectivity index (χ1) is 11.6. The fourth-order valence-corrected chi connectivity index (χ4v) is 2.37. The summed E-state index contributed by atoms with van der Waals surface area (Å²) >= 11 is 0. The molecule has 0 spiro atoms. The molecule has 24 heavy (non-hydrogen) atoms. The molecule has 0 bridgehead atoms. The van der Waals surface area contributed by atoms with E-state index >= 15 is 0 Å². The summed E-state index contributed by atoms with van der Waals surface area (Å²) in [6.45, 7) is 2.39. The maximum absolute atomic E-state index is 10.00. The summed E-state index contributed by atoms with van der Waals surface area (Å²) in [5.74, 6) is 1.60. The van der Waals surface area contributed by atoms with Gasteiger partial charge in [-0.2, -0.15) is 5.26 Å². The maximum atomic E-state index is 10.00. The Balaban J connectivity index is 2.53. The molecule has 0 aliphatic rings. The Bertz CT molecular complexity index is 790. The monoisotopic (exact) mass is 325 g/mol. The van der Waals surface area contributed by atoms with Crippen molar-refractivity contribution in [3.05, 3.63) is 53.6 Å². The summed E-state index contributed by atoms with van der Waals surface area (Å²) in [5, 5.41) is 19.1. The highest BCUT2D eigenvalue weighted by atomic mass is 16.5. The van der Waals surface area contributed by atoms with Gasteiger partial charge in [-0.15, -0.1) is 0 Å². The number of ether oxygens (including phenoxy) is 3. The Labute approximate surface area is 141 Å². The Morgan fingerprint density at radius 2 is 1.67 bits per heavy atom. The van der Waals surface area contributed by atoms with Crippen molar-refractivity contribution in [2.75, 3.05) is 20.8 Å². The van der Waals surface area contributed by atoms with E-state index in [-0.39, 0.29) is 5.75 Å². The molecule has 0 aliphatic carbocycles. The molecule has 0 saturated heterocycles. The molecule has 2 aromatic carbocycles. The van der Waals surface area contributed by atoms with Crippen LogP contribution in [0, 0.1) is 11.3 Å². The summed E-state index contributed by atoms with van der Waals surface area (Å²) in [7, 11) is 3.06. The van der Waals surface area contributed by atoms with Crippen LogP contribution in [-0.4, -0.2) is 25.9 Å². The van der Waals surface area contributed by atoms with Crippen molar-refractivity contribution in [1.82, 2.24) is 0 Å². The van der Waals surface area contributed by atoms with Gasteiger partial charge in [-0.1, -0.05) is 12.1 Å². The number of phenolic OH excluding ortho intramolecular Hbond substituents is 1. The zero-order valence-corrected chi connectivity index (χ0v) is 13.9. The average molecular weight is 325 g/mol. The molecular weight excluding hydrogens is 306 g/mol. The summed E-state index contributed by atoms with van der Waals surface area (Å²) in [6.07, 6.45) is 1.43. The first-order valence-corrected chi connectivity index (χ1v) is 7.43. The number of benzene rings is 2. The van der Waals surface area contributed by atoms with Gasteiger partial charge >= 0.3 is 0 Å². The lowest BCUT2D eigenvalue weighted by molar-refractivity contribution is 0.311. The van der Waals surface area contributed by atoms with Crippen LogP contribution in [0.1, 0.15) is 18.1 Å². The molecule has 0 fully saturated rings. The van der Waals surface area contributed by atoms with E-state index in [9.17, 15) is 5.11 Å². The quantitative estimate of drug-likeness (QED) is 0.819. The van der Waals surface area contributed by atoms with Gasteiger partial charge in [-0.25, -0.2) is 0 Å². The molecule has 1 N–H and O–H groups in total. The summed E-state index contributed by atoms with van der Waals surface area (Å²) in [5.41, 5.74) is 2.15. The first-order valence-electron chi connectivity index (χ1n) is 7.43. The summed E-state index contributed by atoms with van der Waals surface area (Å²) in [4.78, 5) is 0. The largest absolute Gasteiger partial charge is 0.504 e. The third-order valence-electron chi connectivity index (χ3n) is 3.47. The first kappa shape index (κ1) is 17.2. The molecule has 124 valence electrons. The number of hydrogen-bond acceptors (Lipinski definition) is 5. The van der Waals surface area contributed by atoms with E-state index in [0.717, 1.165) is 5.56 Å². The van der Waals surface area contributed by atoms with E-state index < -0.39 is 0 Å². The second-order valence-electron chi connectivity index (χ2n) is 4.87. The number of hydrogen-bond donors (Lipinski definition) is 1. The number of phenols is 1. The molecule has 5 heteroatoms. The van der Waals surface area contributed by atoms with E-state index in [1.807, 2.05) is 25.1 Å². The highest BCUT2D eigenvalue weighted by molar-refractivity contribution is 5.83. The smallest absolute Gasteiger partial charge is 0.161 e. The fourth-order valence-electron chi connectivity index (χ4n) is 2.37. The predicted molar refractivity (Wildman–Crippen MR) is 91.5 cm³/mol.